The van der Waals surface area contributed by atoms with E-state index in [9.17, 15) is 13.6 Å². The number of morpholine rings is 1. The summed E-state index contributed by atoms with van der Waals surface area (Å²) in [6, 6.07) is 4.83. The number of rotatable bonds is 3. The Morgan fingerprint density at radius 1 is 1.17 bits per heavy atom. The number of anilines is 2. The number of carbonyl (C=O) groups is 1. The van der Waals surface area contributed by atoms with Crippen LogP contribution in [0.5, 0.6) is 0 Å². The van der Waals surface area contributed by atoms with Gasteiger partial charge in [0.25, 0.3) is 5.91 Å². The van der Waals surface area contributed by atoms with E-state index < -0.39 is 11.6 Å². The highest BCUT2D eigenvalue weighted by Gasteiger charge is 2.19. The van der Waals surface area contributed by atoms with Crippen molar-refractivity contribution < 1.29 is 18.3 Å². The molecule has 1 aliphatic heterocycles. The molecule has 1 aromatic heterocycles. The Morgan fingerprint density at radius 2 is 1.96 bits per heavy atom. The Hall–Kier alpha value is -2.54. The lowest BCUT2D eigenvalue weighted by molar-refractivity contribution is 0.0302. The van der Waals surface area contributed by atoms with Gasteiger partial charge in [-0.15, -0.1) is 0 Å². The third-order valence-electron chi connectivity index (χ3n) is 3.49. The Morgan fingerprint density at radius 3 is 2.70 bits per heavy atom. The van der Waals surface area contributed by atoms with E-state index in [-0.39, 0.29) is 11.6 Å². The summed E-state index contributed by atoms with van der Waals surface area (Å²) in [6.07, 6.45) is 2.93. The number of amides is 1. The van der Waals surface area contributed by atoms with Gasteiger partial charge in [-0.25, -0.2) is 8.78 Å². The molecule has 0 unspecified atom stereocenters. The van der Waals surface area contributed by atoms with Crippen LogP contribution in [-0.2, 0) is 4.74 Å². The van der Waals surface area contributed by atoms with Gasteiger partial charge < -0.3 is 15.0 Å². The molecule has 5 nitrogen and oxygen atoms in total. The molecule has 0 bridgehead atoms. The largest absolute Gasteiger partial charge is 0.378 e. The molecule has 0 aliphatic carbocycles. The SMILES string of the molecule is O=C(c1cncc(Nc2ccc(F)cc2F)c1)N1CCOCC1. The molecule has 7 heteroatoms. The van der Waals surface area contributed by atoms with Crippen LogP contribution in [0.1, 0.15) is 10.4 Å². The van der Waals surface area contributed by atoms with E-state index in [1.54, 1.807) is 11.0 Å². The zero-order valence-corrected chi connectivity index (χ0v) is 12.3. The van der Waals surface area contributed by atoms with Crippen LogP contribution < -0.4 is 5.32 Å². The average molecular weight is 319 g/mol. The maximum atomic E-state index is 13.7. The van der Waals surface area contributed by atoms with Crippen LogP contribution in [0.15, 0.2) is 36.7 Å². The van der Waals surface area contributed by atoms with E-state index in [1.165, 1.54) is 18.5 Å². The van der Waals surface area contributed by atoms with Gasteiger partial charge in [-0.1, -0.05) is 0 Å². The van der Waals surface area contributed by atoms with Crippen LogP contribution in [0.3, 0.4) is 0 Å². The highest BCUT2D eigenvalue weighted by molar-refractivity contribution is 5.95. The zero-order valence-electron chi connectivity index (χ0n) is 12.3. The van der Waals surface area contributed by atoms with Crippen molar-refractivity contribution in [2.75, 3.05) is 31.6 Å². The second-order valence-electron chi connectivity index (χ2n) is 5.12. The molecule has 120 valence electrons. The fourth-order valence-electron chi connectivity index (χ4n) is 2.32. The van der Waals surface area contributed by atoms with Crippen LogP contribution in [0.25, 0.3) is 0 Å². The highest BCUT2D eigenvalue weighted by atomic mass is 19.1. The Bertz CT molecular complexity index is 718. The molecular weight excluding hydrogens is 304 g/mol. The summed E-state index contributed by atoms with van der Waals surface area (Å²) in [7, 11) is 0. The van der Waals surface area contributed by atoms with Gasteiger partial charge in [0.05, 0.1) is 36.3 Å². The molecular formula is C16H15F2N3O2. The molecule has 3 rings (SSSR count). The van der Waals surface area contributed by atoms with Gasteiger partial charge in [-0.05, 0) is 18.2 Å². The van der Waals surface area contributed by atoms with Gasteiger partial charge in [0.1, 0.15) is 11.6 Å². The molecule has 1 fully saturated rings. The lowest BCUT2D eigenvalue weighted by atomic mass is 10.2. The van der Waals surface area contributed by atoms with E-state index in [0.29, 0.717) is 37.6 Å². The van der Waals surface area contributed by atoms with Crippen molar-refractivity contribution in [2.24, 2.45) is 0 Å². The molecule has 1 aliphatic rings. The fourth-order valence-corrected chi connectivity index (χ4v) is 2.32. The zero-order chi connectivity index (χ0) is 16.2. The number of pyridine rings is 1. The minimum absolute atomic E-state index is 0.115. The normalized spacial score (nSPS) is 14.6. The Kier molecular flexibility index (Phi) is 4.47. The molecule has 0 atom stereocenters. The first kappa shape index (κ1) is 15.4. The van der Waals surface area contributed by atoms with E-state index >= 15 is 0 Å². The van der Waals surface area contributed by atoms with Crippen LogP contribution in [0.4, 0.5) is 20.2 Å². The van der Waals surface area contributed by atoms with Crippen LogP contribution in [0, 0.1) is 11.6 Å². The van der Waals surface area contributed by atoms with Gasteiger partial charge in [-0.3, -0.25) is 9.78 Å². The summed E-state index contributed by atoms with van der Waals surface area (Å²) in [4.78, 5) is 18.1. The lowest BCUT2D eigenvalue weighted by Crippen LogP contribution is -2.40. The van der Waals surface area contributed by atoms with E-state index in [2.05, 4.69) is 10.3 Å². The lowest BCUT2D eigenvalue weighted by Gasteiger charge is -2.26. The molecule has 23 heavy (non-hydrogen) atoms. The first-order valence-electron chi connectivity index (χ1n) is 7.17. The maximum Gasteiger partial charge on any atom is 0.255 e. The predicted octanol–water partition coefficient (Wildman–Crippen LogP) is 2.58. The van der Waals surface area contributed by atoms with Gasteiger partial charge in [-0.2, -0.15) is 0 Å². The number of benzene rings is 1. The molecule has 2 heterocycles. The molecule has 1 saturated heterocycles. The van der Waals surface area contributed by atoms with Gasteiger partial charge in [0.2, 0.25) is 0 Å². The number of aromatic nitrogens is 1. The van der Waals surface area contributed by atoms with Crippen molar-refractivity contribution in [3.63, 3.8) is 0 Å². The second-order valence-corrected chi connectivity index (χ2v) is 5.12. The monoisotopic (exact) mass is 319 g/mol. The first-order chi connectivity index (χ1) is 11.1. The summed E-state index contributed by atoms with van der Waals surface area (Å²) in [5.41, 5.74) is 0.971. The maximum absolute atomic E-state index is 13.7. The van der Waals surface area contributed by atoms with Crippen molar-refractivity contribution in [2.45, 2.75) is 0 Å². The summed E-state index contributed by atoms with van der Waals surface area (Å²) in [5, 5.41) is 2.80. The average Bonchev–Trinajstić information content (AvgIpc) is 2.58. The van der Waals surface area contributed by atoms with Gasteiger partial charge in [0.15, 0.2) is 0 Å². The third kappa shape index (κ3) is 3.62. The van der Waals surface area contributed by atoms with E-state index in [4.69, 9.17) is 4.74 Å². The Labute approximate surface area is 131 Å². The van der Waals surface area contributed by atoms with Crippen molar-refractivity contribution in [3.05, 3.63) is 53.9 Å². The predicted molar refractivity (Wildman–Crippen MR) is 80.6 cm³/mol. The van der Waals surface area contributed by atoms with Crippen LogP contribution in [-0.4, -0.2) is 42.1 Å². The van der Waals surface area contributed by atoms with Crippen LogP contribution >= 0.6 is 0 Å². The molecule has 2 aromatic rings. The number of ether oxygens (including phenoxy) is 1. The highest BCUT2D eigenvalue weighted by Crippen LogP contribution is 2.21. The van der Waals surface area contributed by atoms with Crippen molar-refractivity contribution >= 4 is 17.3 Å². The van der Waals surface area contributed by atoms with Crippen molar-refractivity contribution in [3.8, 4) is 0 Å². The summed E-state index contributed by atoms with van der Waals surface area (Å²) >= 11 is 0. The number of hydrogen-bond donors (Lipinski definition) is 1. The molecule has 1 aromatic carbocycles. The van der Waals surface area contributed by atoms with Gasteiger partial charge in [0, 0.05) is 25.4 Å². The fraction of sp³-hybridized carbons (Fsp3) is 0.250. The number of carbonyl (C=O) groups excluding carboxylic acids is 1. The van der Waals surface area contributed by atoms with Crippen LogP contribution in [0.2, 0.25) is 0 Å². The summed E-state index contributed by atoms with van der Waals surface area (Å²) in [6.45, 7) is 2.09. The quantitative estimate of drug-likeness (QED) is 0.945. The smallest absolute Gasteiger partial charge is 0.255 e. The van der Waals surface area contributed by atoms with Gasteiger partial charge >= 0.3 is 0 Å². The molecule has 0 radical (unpaired) electrons. The minimum Gasteiger partial charge on any atom is -0.378 e. The molecule has 0 saturated carbocycles. The summed E-state index contributed by atoms with van der Waals surface area (Å²) < 4.78 is 31.8. The number of hydrogen-bond acceptors (Lipinski definition) is 4. The van der Waals surface area contributed by atoms with E-state index in [1.807, 2.05) is 0 Å². The molecule has 1 amide bonds. The molecule has 0 spiro atoms. The molecule has 1 N–H and O–H groups in total. The third-order valence-corrected chi connectivity index (χ3v) is 3.49. The Balaban J connectivity index is 1.78. The second kappa shape index (κ2) is 6.70. The van der Waals surface area contributed by atoms with E-state index in [0.717, 1.165) is 12.1 Å². The van der Waals surface area contributed by atoms with Crippen molar-refractivity contribution in [1.82, 2.24) is 9.88 Å². The van der Waals surface area contributed by atoms with Crippen molar-refractivity contribution in [1.29, 1.82) is 0 Å². The first-order valence-corrected chi connectivity index (χ1v) is 7.17. The summed E-state index contributed by atoms with van der Waals surface area (Å²) in [5.74, 6) is -1.51. The topological polar surface area (TPSA) is 54.5 Å². The standard InChI is InChI=1S/C16H15F2N3O2/c17-12-1-2-15(14(18)8-12)20-13-7-11(9-19-10-13)16(22)21-3-5-23-6-4-21/h1-2,7-10,20H,3-6H2. The number of nitrogens with one attached hydrogen (secondary N) is 1. The number of halogens is 2. The minimum atomic E-state index is -0.713. The number of nitrogens with zero attached hydrogens (tertiary/aromatic N) is 2.